The highest BCUT2D eigenvalue weighted by atomic mass is 16.3. The number of nitrogens with one attached hydrogen (secondary N) is 2. The topological polar surface area (TPSA) is 66.6 Å². The standard InChI is InChI=1S/C24H19N3O2/c28-24(20-14-7-8-15-21(20)25-19-12-5-2-6-13-19)27-26-23(22-16-9-17-29-22)18-10-3-1-4-11-18/h1-17,25H,(H,27,28)/b26-23-. The average Bonchev–Trinajstić information content (AvgIpc) is 3.30. The Morgan fingerprint density at radius 2 is 1.45 bits per heavy atom. The largest absolute Gasteiger partial charge is 0.463 e. The van der Waals surface area contributed by atoms with Crippen LogP contribution in [0.15, 0.2) is 113 Å². The molecule has 0 fully saturated rings. The van der Waals surface area contributed by atoms with Gasteiger partial charge in [-0.2, -0.15) is 5.10 Å². The molecule has 4 rings (SSSR count). The van der Waals surface area contributed by atoms with Gasteiger partial charge in [-0.05, 0) is 36.4 Å². The van der Waals surface area contributed by atoms with Gasteiger partial charge in [-0.1, -0.05) is 60.7 Å². The van der Waals surface area contributed by atoms with Crippen LogP contribution in [0, 0.1) is 0 Å². The summed E-state index contributed by atoms with van der Waals surface area (Å²) in [5.74, 6) is 0.260. The van der Waals surface area contributed by atoms with Crippen molar-refractivity contribution in [2.45, 2.75) is 0 Å². The summed E-state index contributed by atoms with van der Waals surface area (Å²) in [5, 5.41) is 7.63. The molecule has 0 aliphatic carbocycles. The summed E-state index contributed by atoms with van der Waals surface area (Å²) in [6, 6.07) is 30.2. The first-order valence-electron chi connectivity index (χ1n) is 9.20. The molecule has 5 nitrogen and oxygen atoms in total. The van der Waals surface area contributed by atoms with Gasteiger partial charge in [0, 0.05) is 11.3 Å². The van der Waals surface area contributed by atoms with Crippen LogP contribution < -0.4 is 10.7 Å². The van der Waals surface area contributed by atoms with E-state index in [0.717, 1.165) is 11.3 Å². The van der Waals surface area contributed by atoms with E-state index in [1.165, 1.54) is 0 Å². The molecule has 1 amide bonds. The second-order valence-corrected chi connectivity index (χ2v) is 6.28. The molecule has 1 heterocycles. The summed E-state index contributed by atoms with van der Waals surface area (Å²) >= 11 is 0. The first-order valence-corrected chi connectivity index (χ1v) is 9.20. The van der Waals surface area contributed by atoms with E-state index < -0.39 is 0 Å². The molecule has 0 aliphatic rings. The van der Waals surface area contributed by atoms with E-state index in [-0.39, 0.29) is 5.91 Å². The lowest BCUT2D eigenvalue weighted by Gasteiger charge is -2.11. The molecule has 1 aromatic heterocycles. The fraction of sp³-hybridized carbons (Fsp3) is 0. The van der Waals surface area contributed by atoms with Crippen molar-refractivity contribution in [1.82, 2.24) is 5.43 Å². The number of amides is 1. The second-order valence-electron chi connectivity index (χ2n) is 6.28. The molecule has 4 aromatic rings. The van der Waals surface area contributed by atoms with Crippen LogP contribution in [0.5, 0.6) is 0 Å². The number of hydrazone groups is 1. The van der Waals surface area contributed by atoms with Gasteiger partial charge in [0.15, 0.2) is 5.76 Å². The van der Waals surface area contributed by atoms with Crippen molar-refractivity contribution >= 4 is 23.0 Å². The first-order chi connectivity index (χ1) is 14.3. The number of furan rings is 1. The molecular formula is C24H19N3O2. The Bertz CT molecular complexity index is 1110. The first kappa shape index (κ1) is 18.3. The number of carbonyl (C=O) groups excluding carboxylic acids is 1. The van der Waals surface area contributed by atoms with E-state index in [1.54, 1.807) is 18.4 Å². The predicted octanol–water partition coefficient (Wildman–Crippen LogP) is 5.21. The van der Waals surface area contributed by atoms with E-state index in [0.29, 0.717) is 22.7 Å². The van der Waals surface area contributed by atoms with Crippen LogP contribution in [0.1, 0.15) is 21.7 Å². The molecule has 29 heavy (non-hydrogen) atoms. The molecule has 142 valence electrons. The van der Waals surface area contributed by atoms with Crippen molar-refractivity contribution in [2.75, 3.05) is 5.32 Å². The second kappa shape index (κ2) is 8.71. The Labute approximate surface area is 168 Å². The molecule has 3 aromatic carbocycles. The molecule has 0 spiro atoms. The zero-order valence-corrected chi connectivity index (χ0v) is 15.6. The molecule has 0 bridgehead atoms. The highest BCUT2D eigenvalue weighted by Crippen LogP contribution is 2.20. The van der Waals surface area contributed by atoms with Gasteiger partial charge >= 0.3 is 0 Å². The summed E-state index contributed by atoms with van der Waals surface area (Å²) < 4.78 is 5.50. The minimum atomic E-state index is -0.316. The molecule has 0 atom stereocenters. The zero-order chi connectivity index (χ0) is 19.9. The lowest BCUT2D eigenvalue weighted by molar-refractivity contribution is 0.0955. The normalized spacial score (nSPS) is 11.1. The summed E-state index contributed by atoms with van der Waals surface area (Å²) in [6.45, 7) is 0. The molecular weight excluding hydrogens is 362 g/mol. The van der Waals surface area contributed by atoms with Crippen molar-refractivity contribution in [3.05, 3.63) is 120 Å². The number of carbonyl (C=O) groups is 1. The maximum absolute atomic E-state index is 12.9. The summed E-state index contributed by atoms with van der Waals surface area (Å²) in [7, 11) is 0. The number of rotatable bonds is 6. The van der Waals surface area contributed by atoms with Gasteiger partial charge in [0.05, 0.1) is 17.5 Å². The van der Waals surface area contributed by atoms with Gasteiger partial charge in [0.2, 0.25) is 0 Å². The van der Waals surface area contributed by atoms with Crippen molar-refractivity contribution in [2.24, 2.45) is 5.10 Å². The number of anilines is 2. The van der Waals surface area contributed by atoms with E-state index in [2.05, 4.69) is 15.8 Å². The van der Waals surface area contributed by atoms with E-state index >= 15 is 0 Å². The summed E-state index contributed by atoms with van der Waals surface area (Å²) in [6.07, 6.45) is 1.58. The molecule has 0 saturated carbocycles. The number of hydrogen-bond acceptors (Lipinski definition) is 4. The highest BCUT2D eigenvalue weighted by molar-refractivity contribution is 6.12. The average molecular weight is 381 g/mol. The van der Waals surface area contributed by atoms with Gasteiger partial charge in [0.1, 0.15) is 5.71 Å². The quantitative estimate of drug-likeness (QED) is 0.356. The van der Waals surface area contributed by atoms with Crippen LogP contribution in [-0.2, 0) is 0 Å². The van der Waals surface area contributed by atoms with Crippen molar-refractivity contribution in [3.63, 3.8) is 0 Å². The molecule has 0 aliphatic heterocycles. The Hall–Kier alpha value is -4.12. The number of nitrogens with zero attached hydrogens (tertiary/aromatic N) is 1. The fourth-order valence-corrected chi connectivity index (χ4v) is 2.91. The van der Waals surface area contributed by atoms with Gasteiger partial charge in [0.25, 0.3) is 5.91 Å². The van der Waals surface area contributed by atoms with Gasteiger partial charge in [-0.3, -0.25) is 4.79 Å². The maximum Gasteiger partial charge on any atom is 0.273 e. The number of hydrogen-bond donors (Lipinski definition) is 2. The van der Waals surface area contributed by atoms with Gasteiger partial charge in [-0.25, -0.2) is 5.43 Å². The van der Waals surface area contributed by atoms with Crippen molar-refractivity contribution in [3.8, 4) is 0 Å². The molecule has 0 radical (unpaired) electrons. The summed E-state index contributed by atoms with van der Waals surface area (Å²) in [5.41, 5.74) is 6.15. The molecule has 2 N–H and O–H groups in total. The Balaban J connectivity index is 1.60. The van der Waals surface area contributed by atoms with E-state index in [4.69, 9.17) is 4.42 Å². The third kappa shape index (κ3) is 4.42. The van der Waals surface area contributed by atoms with Crippen LogP contribution >= 0.6 is 0 Å². The van der Waals surface area contributed by atoms with Crippen molar-refractivity contribution in [1.29, 1.82) is 0 Å². The van der Waals surface area contributed by atoms with Crippen LogP contribution in [0.2, 0.25) is 0 Å². The molecule has 0 unspecified atom stereocenters. The third-order valence-electron chi connectivity index (χ3n) is 4.30. The maximum atomic E-state index is 12.9. The van der Waals surface area contributed by atoms with E-state index in [9.17, 15) is 4.79 Å². The lowest BCUT2D eigenvalue weighted by Crippen LogP contribution is -2.21. The van der Waals surface area contributed by atoms with Crippen LogP contribution in [-0.4, -0.2) is 11.6 Å². The van der Waals surface area contributed by atoms with E-state index in [1.807, 2.05) is 84.9 Å². The Kier molecular flexibility index (Phi) is 5.48. The fourth-order valence-electron chi connectivity index (χ4n) is 2.91. The summed E-state index contributed by atoms with van der Waals surface area (Å²) in [4.78, 5) is 12.9. The SMILES string of the molecule is O=C(N/N=C(/c1ccccc1)c1ccco1)c1ccccc1Nc1ccccc1. The van der Waals surface area contributed by atoms with Crippen LogP contribution in [0.4, 0.5) is 11.4 Å². The van der Waals surface area contributed by atoms with Crippen molar-refractivity contribution < 1.29 is 9.21 Å². The lowest BCUT2D eigenvalue weighted by atomic mass is 10.1. The molecule has 5 heteroatoms. The Morgan fingerprint density at radius 3 is 2.17 bits per heavy atom. The zero-order valence-electron chi connectivity index (χ0n) is 15.6. The van der Waals surface area contributed by atoms with Crippen LogP contribution in [0.3, 0.4) is 0 Å². The minimum Gasteiger partial charge on any atom is -0.463 e. The molecule has 0 saturated heterocycles. The number of benzene rings is 3. The highest BCUT2D eigenvalue weighted by Gasteiger charge is 2.14. The smallest absolute Gasteiger partial charge is 0.273 e. The Morgan fingerprint density at radius 1 is 0.759 bits per heavy atom. The minimum absolute atomic E-state index is 0.316. The monoisotopic (exact) mass is 381 g/mol. The van der Waals surface area contributed by atoms with Crippen LogP contribution in [0.25, 0.3) is 0 Å². The number of para-hydroxylation sites is 2. The third-order valence-corrected chi connectivity index (χ3v) is 4.30. The van der Waals surface area contributed by atoms with Gasteiger partial charge in [-0.15, -0.1) is 0 Å². The predicted molar refractivity (Wildman–Crippen MR) is 114 cm³/mol. The van der Waals surface area contributed by atoms with Gasteiger partial charge < -0.3 is 9.73 Å².